The van der Waals surface area contributed by atoms with E-state index in [2.05, 4.69) is 11.7 Å². The molecule has 0 radical (unpaired) electrons. The molecular formula is C18H14ClN3OS. The summed E-state index contributed by atoms with van der Waals surface area (Å²) in [5.74, 6) is 0. The Hall–Kier alpha value is -2.37. The molecule has 1 aliphatic rings. The van der Waals surface area contributed by atoms with E-state index < -0.39 is 0 Å². The number of halogens is 1. The van der Waals surface area contributed by atoms with Crippen molar-refractivity contribution in [2.24, 2.45) is 0 Å². The summed E-state index contributed by atoms with van der Waals surface area (Å²) in [6, 6.07) is 15.2. The molecule has 2 heterocycles. The van der Waals surface area contributed by atoms with Gasteiger partial charge in [-0.05, 0) is 30.3 Å². The monoisotopic (exact) mass is 355 g/mol. The van der Waals surface area contributed by atoms with E-state index in [1.165, 1.54) is 4.68 Å². The Morgan fingerprint density at radius 2 is 1.92 bits per heavy atom. The number of aromatic nitrogens is 2. The van der Waals surface area contributed by atoms with Gasteiger partial charge in [0, 0.05) is 17.0 Å². The molecule has 0 fully saturated rings. The molecule has 0 saturated carbocycles. The van der Waals surface area contributed by atoms with Crippen molar-refractivity contribution in [2.75, 3.05) is 11.9 Å². The van der Waals surface area contributed by atoms with Crippen LogP contribution in [0.4, 0.5) is 5.69 Å². The Morgan fingerprint density at radius 1 is 1.17 bits per heavy atom. The second-order valence-corrected chi connectivity index (χ2v) is 6.99. The predicted octanol–water partition coefficient (Wildman–Crippen LogP) is 2.54. The van der Waals surface area contributed by atoms with Gasteiger partial charge in [-0.1, -0.05) is 48.1 Å². The van der Waals surface area contributed by atoms with Crippen molar-refractivity contribution in [3.8, 4) is 5.69 Å². The molecule has 3 aromatic rings. The highest BCUT2D eigenvalue weighted by Gasteiger charge is 2.24. The quantitative estimate of drug-likeness (QED) is 0.729. The van der Waals surface area contributed by atoms with E-state index in [4.69, 9.17) is 11.6 Å². The molecule has 4 nitrogen and oxygen atoms in total. The van der Waals surface area contributed by atoms with Crippen molar-refractivity contribution >= 4 is 40.7 Å². The molecule has 0 saturated heterocycles. The Bertz CT molecular complexity index is 1100. The van der Waals surface area contributed by atoms with Crippen LogP contribution in [0.3, 0.4) is 0 Å². The fourth-order valence-corrected chi connectivity index (χ4v) is 4.16. The number of hydrogen-bond acceptors (Lipinski definition) is 3. The molecule has 1 N–H and O–H groups in total. The number of hydrogen-bond donors (Lipinski definition) is 1. The third-order valence-electron chi connectivity index (χ3n) is 3.99. The number of nitrogens with zero attached hydrogens (tertiary/aromatic N) is 2. The van der Waals surface area contributed by atoms with Crippen LogP contribution in [-0.2, 0) is 0 Å². The normalized spacial score (nSPS) is 15.7. The van der Waals surface area contributed by atoms with Crippen LogP contribution in [-0.4, -0.2) is 16.8 Å². The molecule has 0 bridgehead atoms. The summed E-state index contributed by atoms with van der Waals surface area (Å²) >= 11 is 7.65. The van der Waals surface area contributed by atoms with Crippen LogP contribution in [0.5, 0.6) is 0 Å². The first-order valence-corrected chi connectivity index (χ1v) is 8.56. The van der Waals surface area contributed by atoms with Gasteiger partial charge in [0.05, 0.1) is 27.0 Å². The first-order chi connectivity index (χ1) is 11.6. The van der Waals surface area contributed by atoms with E-state index in [1.54, 1.807) is 11.8 Å². The van der Waals surface area contributed by atoms with Gasteiger partial charge in [0.15, 0.2) is 0 Å². The Labute approximate surface area is 147 Å². The van der Waals surface area contributed by atoms with Gasteiger partial charge < -0.3 is 4.90 Å². The Kier molecular flexibility index (Phi) is 3.55. The molecule has 0 aliphatic carbocycles. The number of para-hydroxylation sites is 1. The van der Waals surface area contributed by atoms with Crippen LogP contribution in [0.2, 0.25) is 5.02 Å². The largest absolute Gasteiger partial charge is 0.337 e. The van der Waals surface area contributed by atoms with Gasteiger partial charge in [-0.25, -0.2) is 4.68 Å². The highest BCUT2D eigenvalue weighted by atomic mass is 35.5. The molecular weight excluding hydrogens is 342 g/mol. The summed E-state index contributed by atoms with van der Waals surface area (Å²) in [4.78, 5) is 16.0. The zero-order valence-corrected chi connectivity index (χ0v) is 14.5. The van der Waals surface area contributed by atoms with Crippen LogP contribution < -0.4 is 21.0 Å². The molecule has 6 heteroatoms. The topological polar surface area (TPSA) is 41.0 Å². The highest BCUT2D eigenvalue weighted by Crippen LogP contribution is 2.45. The lowest BCUT2D eigenvalue weighted by atomic mass is 10.3. The maximum atomic E-state index is 12.9. The van der Waals surface area contributed by atoms with Crippen LogP contribution >= 0.6 is 23.4 Å². The van der Waals surface area contributed by atoms with Crippen molar-refractivity contribution in [3.05, 3.63) is 74.5 Å². The number of rotatable bonds is 1. The third-order valence-corrected chi connectivity index (χ3v) is 5.46. The molecule has 0 amide bonds. The average molecular weight is 356 g/mol. The van der Waals surface area contributed by atoms with Crippen molar-refractivity contribution in [1.29, 1.82) is 0 Å². The number of fused-ring (bicyclic) bond motifs is 1. The third kappa shape index (κ3) is 2.28. The Balaban J connectivity index is 1.96. The molecule has 120 valence electrons. The van der Waals surface area contributed by atoms with E-state index in [0.29, 0.717) is 15.6 Å². The van der Waals surface area contributed by atoms with Gasteiger partial charge in [-0.15, -0.1) is 0 Å². The van der Waals surface area contributed by atoms with E-state index in [-0.39, 0.29) is 5.56 Å². The fraction of sp³-hybridized carbons (Fsp3) is 0.0556. The van der Waals surface area contributed by atoms with Gasteiger partial charge in [-0.2, -0.15) is 0 Å². The zero-order valence-electron chi connectivity index (χ0n) is 12.9. The second kappa shape index (κ2) is 5.61. The van der Waals surface area contributed by atoms with Crippen molar-refractivity contribution in [1.82, 2.24) is 9.78 Å². The van der Waals surface area contributed by atoms with Gasteiger partial charge in [0.1, 0.15) is 0 Å². The maximum absolute atomic E-state index is 12.9. The molecule has 0 unspecified atom stereocenters. The molecule has 1 aliphatic heterocycles. The highest BCUT2D eigenvalue weighted by molar-refractivity contribution is 8.08. The molecule has 2 aromatic carbocycles. The minimum Gasteiger partial charge on any atom is -0.337 e. The van der Waals surface area contributed by atoms with E-state index in [1.807, 2.05) is 60.5 Å². The lowest BCUT2D eigenvalue weighted by Crippen LogP contribution is -2.38. The summed E-state index contributed by atoms with van der Waals surface area (Å²) in [5.41, 5.74) is 1.67. The number of thioether (sulfide) groups is 1. The number of nitrogens with one attached hydrogen (secondary N) is 1. The average Bonchev–Trinajstić information content (AvgIpc) is 3.05. The van der Waals surface area contributed by atoms with E-state index >= 15 is 0 Å². The SMILES string of the molecule is C=c1[nH]n(-c2ccccc2)c(=O)c1=C1Sc2ccc(Cl)cc2N1C. The molecule has 1 aromatic heterocycles. The summed E-state index contributed by atoms with van der Waals surface area (Å²) in [5, 5.41) is 5.78. The van der Waals surface area contributed by atoms with Gasteiger partial charge in [0.2, 0.25) is 0 Å². The summed E-state index contributed by atoms with van der Waals surface area (Å²) in [6.45, 7) is 4.02. The minimum absolute atomic E-state index is 0.112. The number of benzene rings is 2. The van der Waals surface area contributed by atoms with Crippen LogP contribution in [0.15, 0.2) is 58.2 Å². The number of aromatic amines is 1. The Morgan fingerprint density at radius 3 is 2.67 bits per heavy atom. The molecule has 0 atom stereocenters. The number of H-pyrrole nitrogens is 1. The maximum Gasteiger partial charge on any atom is 0.281 e. The molecule has 0 spiro atoms. The van der Waals surface area contributed by atoms with Crippen molar-refractivity contribution in [2.45, 2.75) is 4.90 Å². The number of anilines is 1. The minimum atomic E-state index is -0.112. The molecule has 24 heavy (non-hydrogen) atoms. The van der Waals surface area contributed by atoms with Gasteiger partial charge in [0.25, 0.3) is 5.56 Å². The first kappa shape index (κ1) is 15.2. The van der Waals surface area contributed by atoms with Crippen LogP contribution in [0.1, 0.15) is 0 Å². The summed E-state index contributed by atoms with van der Waals surface area (Å²) < 4.78 is 1.52. The second-order valence-electron chi connectivity index (χ2n) is 5.52. The van der Waals surface area contributed by atoms with E-state index in [0.717, 1.165) is 21.3 Å². The first-order valence-electron chi connectivity index (χ1n) is 7.37. The summed E-state index contributed by atoms with van der Waals surface area (Å²) in [6.07, 6.45) is 0. The van der Waals surface area contributed by atoms with Crippen molar-refractivity contribution in [3.63, 3.8) is 0 Å². The fourth-order valence-electron chi connectivity index (χ4n) is 2.80. The van der Waals surface area contributed by atoms with Gasteiger partial charge >= 0.3 is 0 Å². The lowest BCUT2D eigenvalue weighted by Gasteiger charge is -2.12. The standard InChI is InChI=1S/C18H14ClN3OS/c1-11-16(17(23)22(20-11)13-6-4-3-5-7-13)18-21(2)14-10-12(19)8-9-15(14)24-18/h3-10,20H,1H2,2H3. The summed E-state index contributed by atoms with van der Waals surface area (Å²) in [7, 11) is 1.93. The lowest BCUT2D eigenvalue weighted by molar-refractivity contribution is 0.838. The van der Waals surface area contributed by atoms with Crippen molar-refractivity contribution < 1.29 is 0 Å². The van der Waals surface area contributed by atoms with Crippen LogP contribution in [0, 0.1) is 0 Å². The van der Waals surface area contributed by atoms with Crippen LogP contribution in [0.25, 0.3) is 17.3 Å². The molecule has 4 rings (SSSR count). The zero-order chi connectivity index (χ0) is 16.8. The van der Waals surface area contributed by atoms with Gasteiger partial charge in [-0.3, -0.25) is 9.89 Å². The smallest absolute Gasteiger partial charge is 0.281 e. The van der Waals surface area contributed by atoms with E-state index in [9.17, 15) is 4.79 Å². The predicted molar refractivity (Wildman–Crippen MR) is 100 cm³/mol.